The molecule has 204 valence electrons. The number of benzene rings is 4. The summed E-state index contributed by atoms with van der Waals surface area (Å²) in [5.41, 5.74) is 3.80. The normalized spacial score (nSPS) is 16.2. The van der Waals surface area contributed by atoms with Crippen molar-refractivity contribution in [3.63, 3.8) is 0 Å². The molecular formula is C32H29ClN2O5. The van der Waals surface area contributed by atoms with E-state index in [1.165, 1.54) is 7.11 Å². The molecule has 5 rings (SSSR count). The first-order chi connectivity index (χ1) is 19.4. The highest BCUT2D eigenvalue weighted by atomic mass is 35.5. The van der Waals surface area contributed by atoms with Crippen LogP contribution in [0.5, 0.6) is 17.2 Å². The second kappa shape index (κ2) is 11.3. The number of carbonyl (C=O) groups is 2. The molecule has 0 radical (unpaired) electrons. The number of aryl methyl sites for hydroxylation is 1. The molecule has 8 heteroatoms. The minimum absolute atomic E-state index is 0.203. The standard InChI is InChI=1S/C32H29ClN2O5/c1-19-17-27(28(40-4)18-26(19)33)34-31(36)29-24-7-5-6-8-25(24)32(37)35(21-11-15-23(39-3)16-12-21)30(29)20-9-13-22(38-2)14-10-20/h5-18,29-30H,1-4H3,(H,34,36). The number of halogens is 1. The van der Waals surface area contributed by atoms with Gasteiger partial charge in [-0.2, -0.15) is 0 Å². The van der Waals surface area contributed by atoms with Crippen molar-refractivity contribution < 1.29 is 23.8 Å². The summed E-state index contributed by atoms with van der Waals surface area (Å²) in [6.45, 7) is 1.86. The van der Waals surface area contributed by atoms with Crippen molar-refractivity contribution in [1.82, 2.24) is 0 Å². The molecule has 40 heavy (non-hydrogen) atoms. The Morgan fingerprint density at radius 1 is 0.850 bits per heavy atom. The lowest BCUT2D eigenvalue weighted by molar-refractivity contribution is -0.118. The van der Waals surface area contributed by atoms with Crippen LogP contribution >= 0.6 is 11.6 Å². The third-order valence-electron chi connectivity index (χ3n) is 7.17. The van der Waals surface area contributed by atoms with Crippen LogP contribution in [0.25, 0.3) is 0 Å². The molecule has 7 nitrogen and oxygen atoms in total. The van der Waals surface area contributed by atoms with Gasteiger partial charge in [-0.1, -0.05) is 41.9 Å². The van der Waals surface area contributed by atoms with E-state index < -0.39 is 12.0 Å². The van der Waals surface area contributed by atoms with E-state index in [1.54, 1.807) is 55.5 Å². The molecular weight excluding hydrogens is 528 g/mol. The van der Waals surface area contributed by atoms with Gasteiger partial charge in [0.05, 0.1) is 39.0 Å². The predicted octanol–water partition coefficient (Wildman–Crippen LogP) is 6.80. The van der Waals surface area contributed by atoms with Crippen LogP contribution in [0.4, 0.5) is 11.4 Å². The Bertz CT molecular complexity index is 1550. The van der Waals surface area contributed by atoms with E-state index in [-0.39, 0.29) is 11.8 Å². The Kier molecular flexibility index (Phi) is 7.67. The summed E-state index contributed by atoms with van der Waals surface area (Å²) in [5.74, 6) is 0.519. The van der Waals surface area contributed by atoms with Crippen LogP contribution in [0.3, 0.4) is 0 Å². The Morgan fingerprint density at radius 3 is 2.10 bits per heavy atom. The molecule has 0 saturated heterocycles. The highest BCUT2D eigenvalue weighted by Crippen LogP contribution is 2.46. The molecule has 2 amide bonds. The van der Waals surface area contributed by atoms with Crippen molar-refractivity contribution in [2.75, 3.05) is 31.5 Å². The fourth-order valence-electron chi connectivity index (χ4n) is 5.13. The van der Waals surface area contributed by atoms with Crippen molar-refractivity contribution in [1.29, 1.82) is 0 Å². The van der Waals surface area contributed by atoms with Crippen LogP contribution in [0.2, 0.25) is 5.02 Å². The van der Waals surface area contributed by atoms with Gasteiger partial charge in [0.1, 0.15) is 17.2 Å². The molecule has 4 aromatic carbocycles. The maximum Gasteiger partial charge on any atom is 0.259 e. The molecule has 0 spiro atoms. The van der Waals surface area contributed by atoms with Gasteiger partial charge in [0.2, 0.25) is 5.91 Å². The van der Waals surface area contributed by atoms with Crippen molar-refractivity contribution in [3.05, 3.63) is 112 Å². The zero-order chi connectivity index (χ0) is 28.4. The minimum atomic E-state index is -0.759. The van der Waals surface area contributed by atoms with Gasteiger partial charge in [0.15, 0.2) is 0 Å². The topological polar surface area (TPSA) is 77.1 Å². The van der Waals surface area contributed by atoms with E-state index >= 15 is 0 Å². The first-order valence-electron chi connectivity index (χ1n) is 12.7. The summed E-state index contributed by atoms with van der Waals surface area (Å²) >= 11 is 6.31. The first kappa shape index (κ1) is 27.1. The zero-order valence-electron chi connectivity index (χ0n) is 22.6. The molecule has 2 unspecified atom stereocenters. The number of rotatable bonds is 7. The van der Waals surface area contributed by atoms with Gasteiger partial charge >= 0.3 is 0 Å². The Balaban J connectivity index is 1.69. The van der Waals surface area contributed by atoms with Crippen LogP contribution in [-0.2, 0) is 4.79 Å². The number of nitrogens with zero attached hydrogens (tertiary/aromatic N) is 1. The molecule has 0 fully saturated rings. The molecule has 1 aliphatic heterocycles. The number of amides is 2. The lowest BCUT2D eigenvalue weighted by Gasteiger charge is -2.42. The number of hydrogen-bond donors (Lipinski definition) is 1. The van der Waals surface area contributed by atoms with Crippen molar-refractivity contribution in [3.8, 4) is 17.2 Å². The number of methoxy groups -OCH3 is 3. The van der Waals surface area contributed by atoms with Crippen LogP contribution < -0.4 is 24.4 Å². The van der Waals surface area contributed by atoms with Gasteiger partial charge in [-0.05, 0) is 72.1 Å². The van der Waals surface area contributed by atoms with Gasteiger partial charge in [-0.15, -0.1) is 0 Å². The molecule has 2 atom stereocenters. The van der Waals surface area contributed by atoms with E-state index in [2.05, 4.69) is 5.32 Å². The minimum Gasteiger partial charge on any atom is -0.497 e. The Labute approximate surface area is 238 Å². The number of nitrogens with one attached hydrogen (secondary N) is 1. The Morgan fingerprint density at radius 2 is 1.48 bits per heavy atom. The summed E-state index contributed by atoms with van der Waals surface area (Å²) in [4.78, 5) is 30.1. The van der Waals surface area contributed by atoms with E-state index in [0.29, 0.717) is 44.8 Å². The van der Waals surface area contributed by atoms with E-state index in [0.717, 1.165) is 11.1 Å². The molecule has 4 aromatic rings. The van der Waals surface area contributed by atoms with Gasteiger partial charge in [-0.3, -0.25) is 14.5 Å². The highest BCUT2D eigenvalue weighted by molar-refractivity contribution is 6.31. The van der Waals surface area contributed by atoms with Gasteiger partial charge in [0.25, 0.3) is 5.91 Å². The summed E-state index contributed by atoms with van der Waals surface area (Å²) in [6, 6.07) is 24.7. The van der Waals surface area contributed by atoms with E-state index in [1.807, 2.05) is 55.5 Å². The zero-order valence-corrected chi connectivity index (χ0v) is 23.4. The molecule has 1 N–H and O–H groups in total. The summed E-state index contributed by atoms with van der Waals surface area (Å²) in [5, 5.41) is 3.59. The molecule has 0 aromatic heterocycles. The summed E-state index contributed by atoms with van der Waals surface area (Å²) in [7, 11) is 4.71. The van der Waals surface area contributed by atoms with Crippen LogP contribution in [0.15, 0.2) is 84.9 Å². The van der Waals surface area contributed by atoms with Crippen LogP contribution in [-0.4, -0.2) is 33.1 Å². The monoisotopic (exact) mass is 556 g/mol. The third-order valence-corrected chi connectivity index (χ3v) is 7.58. The first-order valence-corrected chi connectivity index (χ1v) is 13.1. The SMILES string of the molecule is COc1ccc(C2C(C(=O)Nc3cc(C)c(Cl)cc3OC)c3ccccc3C(=O)N2c2ccc(OC)cc2)cc1. The van der Waals surface area contributed by atoms with Crippen LogP contribution in [0.1, 0.15) is 39.0 Å². The maximum atomic E-state index is 14.3. The fraction of sp³-hybridized carbons (Fsp3) is 0.188. The highest BCUT2D eigenvalue weighted by Gasteiger charge is 2.45. The molecule has 0 bridgehead atoms. The molecule has 1 heterocycles. The lowest BCUT2D eigenvalue weighted by atomic mass is 9.78. The number of hydrogen-bond acceptors (Lipinski definition) is 5. The van der Waals surface area contributed by atoms with Crippen molar-refractivity contribution >= 4 is 34.8 Å². The van der Waals surface area contributed by atoms with E-state index in [4.69, 9.17) is 25.8 Å². The number of carbonyl (C=O) groups excluding carboxylic acids is 2. The van der Waals surface area contributed by atoms with E-state index in [9.17, 15) is 9.59 Å². The second-order valence-corrected chi connectivity index (χ2v) is 9.85. The molecule has 1 aliphatic rings. The fourth-order valence-corrected chi connectivity index (χ4v) is 5.28. The van der Waals surface area contributed by atoms with Gasteiger partial charge < -0.3 is 19.5 Å². The smallest absolute Gasteiger partial charge is 0.259 e. The van der Waals surface area contributed by atoms with Crippen molar-refractivity contribution in [2.24, 2.45) is 0 Å². The number of anilines is 2. The molecule has 0 saturated carbocycles. The lowest BCUT2D eigenvalue weighted by Crippen LogP contribution is -2.46. The largest absolute Gasteiger partial charge is 0.497 e. The quantitative estimate of drug-likeness (QED) is 0.271. The second-order valence-electron chi connectivity index (χ2n) is 9.45. The Hall–Kier alpha value is -4.49. The van der Waals surface area contributed by atoms with Crippen molar-refractivity contribution in [2.45, 2.75) is 18.9 Å². The summed E-state index contributed by atoms with van der Waals surface area (Å²) < 4.78 is 16.2. The number of ether oxygens (including phenoxy) is 3. The average molecular weight is 557 g/mol. The maximum absolute atomic E-state index is 14.3. The van der Waals surface area contributed by atoms with Gasteiger partial charge in [0, 0.05) is 22.3 Å². The third kappa shape index (κ3) is 4.96. The summed E-state index contributed by atoms with van der Waals surface area (Å²) in [6.07, 6.45) is 0. The number of fused-ring (bicyclic) bond motifs is 1. The predicted molar refractivity (Wildman–Crippen MR) is 156 cm³/mol. The van der Waals surface area contributed by atoms with Crippen LogP contribution in [0, 0.1) is 6.92 Å². The van der Waals surface area contributed by atoms with Gasteiger partial charge in [-0.25, -0.2) is 0 Å². The molecule has 0 aliphatic carbocycles. The average Bonchev–Trinajstić information content (AvgIpc) is 2.99.